The molecule has 6 heteroatoms. The van der Waals surface area contributed by atoms with E-state index in [-0.39, 0.29) is 18.7 Å². The van der Waals surface area contributed by atoms with E-state index in [4.69, 9.17) is 5.11 Å². The molecule has 1 amide bonds. The highest BCUT2D eigenvalue weighted by Gasteiger charge is 2.25. The molecule has 1 rings (SSSR count). The Morgan fingerprint density at radius 2 is 2.05 bits per heavy atom. The number of carboxylic acids is 1. The first-order chi connectivity index (χ1) is 8.73. The third-order valence-electron chi connectivity index (χ3n) is 2.78. The zero-order chi connectivity index (χ0) is 14.6. The first-order valence-corrected chi connectivity index (χ1v) is 6.27. The van der Waals surface area contributed by atoms with Crippen LogP contribution in [0.5, 0.6) is 0 Å². The number of aromatic nitrogens is 2. The van der Waals surface area contributed by atoms with Crippen LogP contribution in [-0.2, 0) is 23.1 Å². The molecular formula is C13H21N3O3. The van der Waals surface area contributed by atoms with Gasteiger partial charge in [-0.25, -0.2) is 0 Å². The van der Waals surface area contributed by atoms with E-state index in [9.17, 15) is 9.59 Å². The quantitative estimate of drug-likeness (QED) is 0.823. The maximum atomic E-state index is 11.9. The molecule has 6 nitrogen and oxygen atoms in total. The van der Waals surface area contributed by atoms with E-state index in [1.54, 1.807) is 31.8 Å². The Morgan fingerprint density at radius 1 is 1.42 bits per heavy atom. The van der Waals surface area contributed by atoms with Crippen LogP contribution in [0.15, 0.2) is 6.20 Å². The molecule has 0 aliphatic carbocycles. The third-order valence-corrected chi connectivity index (χ3v) is 2.78. The molecule has 0 aromatic carbocycles. The fraction of sp³-hybridized carbons (Fsp3) is 0.615. The second-order valence-electron chi connectivity index (χ2n) is 5.48. The van der Waals surface area contributed by atoms with Gasteiger partial charge >= 0.3 is 5.97 Å². The highest BCUT2D eigenvalue weighted by molar-refractivity contribution is 5.91. The Kier molecular flexibility index (Phi) is 4.69. The first kappa shape index (κ1) is 15.2. The zero-order valence-corrected chi connectivity index (χ0v) is 11.9. The topological polar surface area (TPSA) is 84.2 Å². The summed E-state index contributed by atoms with van der Waals surface area (Å²) in [4.78, 5) is 22.7. The number of aliphatic carboxylic acids is 1. The molecule has 1 aromatic heterocycles. The summed E-state index contributed by atoms with van der Waals surface area (Å²) in [7, 11) is 1.79. The zero-order valence-electron chi connectivity index (χ0n) is 11.9. The van der Waals surface area contributed by atoms with Crippen molar-refractivity contribution in [1.82, 2.24) is 9.78 Å². The molecular weight excluding hydrogens is 246 g/mol. The van der Waals surface area contributed by atoms with Gasteiger partial charge in [0.15, 0.2) is 0 Å². The fourth-order valence-electron chi connectivity index (χ4n) is 2.00. The summed E-state index contributed by atoms with van der Waals surface area (Å²) in [5.74, 6) is -1.08. The van der Waals surface area contributed by atoms with Crippen molar-refractivity contribution in [3.05, 3.63) is 11.9 Å². The number of carbonyl (C=O) groups excluding carboxylic acids is 1. The highest BCUT2D eigenvalue weighted by Crippen LogP contribution is 2.26. The van der Waals surface area contributed by atoms with Crippen molar-refractivity contribution in [2.75, 3.05) is 5.32 Å². The molecule has 0 bridgehead atoms. The molecule has 2 N–H and O–H groups in total. The van der Waals surface area contributed by atoms with Crippen molar-refractivity contribution < 1.29 is 14.7 Å². The molecule has 0 saturated heterocycles. The van der Waals surface area contributed by atoms with E-state index in [1.165, 1.54) is 0 Å². The maximum absolute atomic E-state index is 11.9. The van der Waals surface area contributed by atoms with Crippen LogP contribution in [0.4, 0.5) is 5.69 Å². The van der Waals surface area contributed by atoms with E-state index in [1.807, 2.05) is 6.92 Å². The van der Waals surface area contributed by atoms with Crippen LogP contribution in [0.1, 0.15) is 39.3 Å². The number of rotatable bonds is 6. The largest absolute Gasteiger partial charge is 0.481 e. The minimum atomic E-state index is -0.895. The molecule has 0 aliphatic rings. The Hall–Kier alpha value is -1.85. The first-order valence-electron chi connectivity index (χ1n) is 6.27. The van der Waals surface area contributed by atoms with Gasteiger partial charge in [-0.2, -0.15) is 5.10 Å². The average molecular weight is 267 g/mol. The summed E-state index contributed by atoms with van der Waals surface area (Å²) in [6.07, 6.45) is 2.61. The van der Waals surface area contributed by atoms with Crippen molar-refractivity contribution in [3.63, 3.8) is 0 Å². The minimum Gasteiger partial charge on any atom is -0.481 e. The number of aryl methyl sites for hydroxylation is 2. The fourth-order valence-corrected chi connectivity index (χ4v) is 2.00. The van der Waals surface area contributed by atoms with Crippen LogP contribution in [0.2, 0.25) is 0 Å². The number of carbonyl (C=O) groups is 2. The Morgan fingerprint density at radius 3 is 2.58 bits per heavy atom. The van der Waals surface area contributed by atoms with Gasteiger partial charge in [-0.15, -0.1) is 0 Å². The molecule has 19 heavy (non-hydrogen) atoms. The molecule has 0 unspecified atom stereocenters. The molecule has 1 aromatic rings. The number of nitrogens with zero attached hydrogens (tertiary/aromatic N) is 2. The molecule has 0 fully saturated rings. The Labute approximate surface area is 112 Å². The highest BCUT2D eigenvalue weighted by atomic mass is 16.4. The third kappa shape index (κ3) is 4.73. The number of nitrogens with one attached hydrogen (secondary N) is 1. The van der Waals surface area contributed by atoms with Crippen molar-refractivity contribution in [2.45, 2.75) is 40.0 Å². The van der Waals surface area contributed by atoms with Gasteiger partial charge in [0.2, 0.25) is 5.91 Å². The number of hydrogen-bond acceptors (Lipinski definition) is 3. The van der Waals surface area contributed by atoms with Crippen molar-refractivity contribution in [3.8, 4) is 0 Å². The van der Waals surface area contributed by atoms with E-state index < -0.39 is 11.4 Å². The second kappa shape index (κ2) is 5.86. The lowest BCUT2D eigenvalue weighted by molar-refractivity contribution is -0.139. The molecule has 0 spiro atoms. The van der Waals surface area contributed by atoms with Gasteiger partial charge in [-0.1, -0.05) is 20.8 Å². The summed E-state index contributed by atoms with van der Waals surface area (Å²) >= 11 is 0. The monoisotopic (exact) mass is 267 g/mol. The smallest absolute Gasteiger partial charge is 0.303 e. The summed E-state index contributed by atoms with van der Waals surface area (Å²) < 4.78 is 1.65. The standard InChI is InChI=1S/C13H21N3O3/c1-5-9-10(8-16(4)15-9)14-11(17)6-13(2,3)7-12(18)19/h8H,5-7H2,1-4H3,(H,14,17)(H,18,19). The molecule has 0 aliphatic heterocycles. The summed E-state index contributed by atoms with van der Waals surface area (Å²) in [5, 5.41) is 15.8. The predicted molar refractivity (Wildman–Crippen MR) is 71.9 cm³/mol. The summed E-state index contributed by atoms with van der Waals surface area (Å²) in [6.45, 7) is 5.50. The number of amides is 1. The SMILES string of the molecule is CCc1nn(C)cc1NC(=O)CC(C)(C)CC(=O)O. The lowest BCUT2D eigenvalue weighted by Crippen LogP contribution is -2.25. The summed E-state index contributed by atoms with van der Waals surface area (Å²) in [6, 6.07) is 0. The number of anilines is 1. The lowest BCUT2D eigenvalue weighted by Gasteiger charge is -2.21. The van der Waals surface area contributed by atoms with Crippen LogP contribution in [-0.4, -0.2) is 26.8 Å². The normalized spacial score (nSPS) is 11.4. The van der Waals surface area contributed by atoms with Crippen LogP contribution in [0.3, 0.4) is 0 Å². The van der Waals surface area contributed by atoms with Gasteiger partial charge in [0.1, 0.15) is 0 Å². The summed E-state index contributed by atoms with van der Waals surface area (Å²) in [5.41, 5.74) is 0.956. The van der Waals surface area contributed by atoms with E-state index >= 15 is 0 Å². The van der Waals surface area contributed by atoms with Crippen LogP contribution in [0, 0.1) is 5.41 Å². The van der Waals surface area contributed by atoms with Crippen molar-refractivity contribution in [1.29, 1.82) is 0 Å². The van der Waals surface area contributed by atoms with E-state index in [0.717, 1.165) is 12.1 Å². The van der Waals surface area contributed by atoms with Gasteiger partial charge in [-0.3, -0.25) is 14.3 Å². The van der Waals surface area contributed by atoms with Gasteiger partial charge in [0.25, 0.3) is 0 Å². The van der Waals surface area contributed by atoms with Gasteiger partial charge in [-0.05, 0) is 11.8 Å². The predicted octanol–water partition coefficient (Wildman–Crippen LogP) is 1.81. The maximum Gasteiger partial charge on any atom is 0.303 e. The minimum absolute atomic E-state index is 0.0336. The van der Waals surface area contributed by atoms with E-state index in [0.29, 0.717) is 5.69 Å². The molecule has 0 saturated carbocycles. The van der Waals surface area contributed by atoms with Gasteiger partial charge in [0, 0.05) is 19.7 Å². The van der Waals surface area contributed by atoms with Crippen LogP contribution in [0.25, 0.3) is 0 Å². The molecule has 0 radical (unpaired) electrons. The number of hydrogen-bond donors (Lipinski definition) is 2. The van der Waals surface area contributed by atoms with Crippen molar-refractivity contribution >= 4 is 17.6 Å². The lowest BCUT2D eigenvalue weighted by atomic mass is 9.85. The molecule has 0 atom stereocenters. The Balaban J connectivity index is 2.67. The Bertz CT molecular complexity index is 477. The van der Waals surface area contributed by atoms with Crippen LogP contribution < -0.4 is 5.32 Å². The van der Waals surface area contributed by atoms with Crippen LogP contribution >= 0.6 is 0 Å². The average Bonchev–Trinajstić information content (AvgIpc) is 2.55. The number of carboxylic acid groups (broad SMARTS) is 1. The van der Waals surface area contributed by atoms with E-state index in [2.05, 4.69) is 10.4 Å². The van der Waals surface area contributed by atoms with Crippen molar-refractivity contribution in [2.24, 2.45) is 12.5 Å². The van der Waals surface area contributed by atoms with Gasteiger partial charge in [0.05, 0.1) is 17.8 Å². The molecule has 106 valence electrons. The van der Waals surface area contributed by atoms with Gasteiger partial charge < -0.3 is 10.4 Å². The second-order valence-corrected chi connectivity index (χ2v) is 5.48. The molecule has 1 heterocycles.